The van der Waals surface area contributed by atoms with Crippen LogP contribution < -0.4 is 14.2 Å². The Kier molecular flexibility index (Phi) is 20.8. The molecule has 0 fully saturated rings. The van der Waals surface area contributed by atoms with Crippen molar-refractivity contribution >= 4 is 84.3 Å². The van der Waals surface area contributed by atoms with Gasteiger partial charge >= 0.3 is 17.9 Å². The maximum atomic E-state index is 13.0. The Morgan fingerprint density at radius 2 is 0.829 bits per heavy atom. The lowest BCUT2D eigenvalue weighted by Gasteiger charge is -2.20. The summed E-state index contributed by atoms with van der Waals surface area (Å²) in [5.41, 5.74) is 4.08. The zero-order chi connectivity index (χ0) is 59.9. The number of esters is 3. The number of carbonyl (C=O) groups excluding carboxylic acids is 6. The summed E-state index contributed by atoms with van der Waals surface area (Å²) in [4.78, 5) is 89.9. The Morgan fingerprint density at radius 3 is 1.27 bits per heavy atom. The third-order valence-electron chi connectivity index (χ3n) is 11.3. The van der Waals surface area contributed by atoms with Crippen molar-refractivity contribution < 1.29 is 57.2 Å². The van der Waals surface area contributed by atoms with Crippen LogP contribution in [0.25, 0.3) is 33.1 Å². The van der Waals surface area contributed by atoms with Gasteiger partial charge in [-0.15, -0.1) is 0 Å². The minimum absolute atomic E-state index is 0.103. The van der Waals surface area contributed by atoms with Crippen LogP contribution in [0.15, 0.2) is 146 Å². The number of benzene rings is 6. The van der Waals surface area contributed by atoms with Crippen LogP contribution in [0.1, 0.15) is 111 Å². The van der Waals surface area contributed by atoms with Crippen molar-refractivity contribution in [2.24, 2.45) is 0 Å². The number of hydrogen-bond donors (Lipinski definition) is 1. The number of halogens is 1. The van der Waals surface area contributed by atoms with E-state index in [1.54, 1.807) is 169 Å². The number of nitrogens with zero attached hydrogens (tertiary/aromatic N) is 5. The lowest BCUT2D eigenvalue weighted by Crippen LogP contribution is -2.27. The number of ether oxygens (including phenoxy) is 6. The highest BCUT2D eigenvalue weighted by molar-refractivity contribution is 9.09. The van der Waals surface area contributed by atoms with E-state index in [-0.39, 0.29) is 59.0 Å². The van der Waals surface area contributed by atoms with Crippen LogP contribution in [0.2, 0.25) is 0 Å². The second kappa shape index (κ2) is 27.5. The summed E-state index contributed by atoms with van der Waals surface area (Å²) in [6, 6.07) is 42.9. The normalized spacial score (nSPS) is 11.2. The second-order valence-corrected chi connectivity index (χ2v) is 21.8. The van der Waals surface area contributed by atoms with Crippen molar-refractivity contribution in [1.82, 2.24) is 29.1 Å². The first-order valence-electron chi connectivity index (χ1n) is 25.9. The average molecular weight is 1180 g/mol. The molecule has 0 bridgehead atoms. The molecule has 0 saturated carbocycles. The van der Waals surface area contributed by atoms with Gasteiger partial charge in [-0.1, -0.05) is 107 Å². The number of fused-ring (bicyclic) bond motifs is 3. The average Bonchev–Trinajstić information content (AvgIpc) is 3.64. The van der Waals surface area contributed by atoms with E-state index in [4.69, 9.17) is 28.4 Å². The maximum absolute atomic E-state index is 13.0. The summed E-state index contributed by atoms with van der Waals surface area (Å²) in [5, 5.41) is 0.268. The topological polar surface area (TPSA) is 222 Å². The molecule has 9 rings (SSSR count). The molecule has 1 N–H and O–H groups in total. The molecule has 18 nitrogen and oxygen atoms in total. The molecule has 0 radical (unpaired) electrons. The summed E-state index contributed by atoms with van der Waals surface area (Å²) >= 11 is 2.99. The van der Waals surface area contributed by atoms with E-state index in [1.807, 2.05) is 69.3 Å². The molecule has 0 atom stereocenters. The third-order valence-corrected chi connectivity index (χ3v) is 11.7. The predicted molar refractivity (Wildman–Crippen MR) is 316 cm³/mol. The van der Waals surface area contributed by atoms with Crippen molar-refractivity contribution in [3.8, 4) is 17.2 Å². The molecule has 0 aliphatic heterocycles. The fourth-order valence-corrected chi connectivity index (χ4v) is 8.01. The number of nitrogens with one attached hydrogen (secondary N) is 1. The van der Waals surface area contributed by atoms with E-state index in [1.165, 1.54) is 0 Å². The summed E-state index contributed by atoms with van der Waals surface area (Å²) in [6.45, 7) is 16.1. The number of hydrogen-bond acceptors (Lipinski definition) is 15. The zero-order valence-electron chi connectivity index (χ0n) is 48.0. The number of rotatable bonds is 14. The Bertz CT molecular complexity index is 3630. The fourth-order valence-electron chi connectivity index (χ4n) is 7.89. The minimum Gasteiger partial charge on any atom is -0.497 e. The van der Waals surface area contributed by atoms with E-state index < -0.39 is 23.1 Å². The summed E-state index contributed by atoms with van der Waals surface area (Å²) in [7, 11) is 4.73. The quantitative estimate of drug-likeness (QED) is 0.0463. The zero-order valence-corrected chi connectivity index (χ0v) is 49.6. The van der Waals surface area contributed by atoms with Gasteiger partial charge in [-0.05, 0) is 98.7 Å². The van der Waals surface area contributed by atoms with Crippen molar-refractivity contribution in [2.45, 2.75) is 92.2 Å². The van der Waals surface area contributed by atoms with Gasteiger partial charge in [0.2, 0.25) is 17.3 Å². The Hall–Kier alpha value is -8.97. The summed E-state index contributed by atoms with van der Waals surface area (Å²) in [6.07, 6.45) is 0. The second-order valence-electron chi connectivity index (χ2n) is 21.2. The molecule has 3 aromatic heterocycles. The molecule has 0 amide bonds. The molecule has 6 aromatic carbocycles. The van der Waals surface area contributed by atoms with Gasteiger partial charge in [-0.25, -0.2) is 15.0 Å². The van der Waals surface area contributed by atoms with Crippen LogP contribution in [0.3, 0.4) is 0 Å². The van der Waals surface area contributed by atoms with E-state index >= 15 is 0 Å². The number of carbonyl (C=O) groups is 6. The van der Waals surface area contributed by atoms with Gasteiger partial charge < -0.3 is 42.5 Å². The molecular formula is C63H67BrN6O12. The van der Waals surface area contributed by atoms with Gasteiger partial charge in [0.25, 0.3) is 0 Å². The lowest BCUT2D eigenvalue weighted by molar-refractivity contribution is -0.156. The van der Waals surface area contributed by atoms with E-state index in [9.17, 15) is 28.8 Å². The van der Waals surface area contributed by atoms with Gasteiger partial charge in [-0.2, -0.15) is 0 Å². The monoisotopic (exact) mass is 1180 g/mol. The minimum atomic E-state index is -0.616. The van der Waals surface area contributed by atoms with Crippen LogP contribution in [-0.2, 0) is 41.7 Å². The van der Waals surface area contributed by atoms with Crippen LogP contribution in [0, 0.1) is 0 Å². The number of alkyl halides is 1. The molecule has 0 saturated heterocycles. The predicted octanol–water partition coefficient (Wildman–Crippen LogP) is 11.8. The number of imidazole rings is 3. The lowest BCUT2D eigenvalue weighted by atomic mass is 10.1. The van der Waals surface area contributed by atoms with Crippen LogP contribution >= 0.6 is 15.9 Å². The third kappa shape index (κ3) is 17.5. The Balaban J connectivity index is 0.000000186. The molecule has 82 heavy (non-hydrogen) atoms. The molecule has 428 valence electrons. The van der Waals surface area contributed by atoms with Crippen LogP contribution in [0.4, 0.5) is 0 Å². The molecule has 19 heteroatoms. The van der Waals surface area contributed by atoms with Gasteiger partial charge in [0.15, 0.2) is 17.5 Å². The van der Waals surface area contributed by atoms with Crippen LogP contribution in [0.5, 0.6) is 17.2 Å². The smallest absolute Gasteiger partial charge is 0.326 e. The van der Waals surface area contributed by atoms with Crippen LogP contribution in [-0.4, -0.2) is 108 Å². The molecule has 0 unspecified atom stereocenters. The van der Waals surface area contributed by atoms with Crippen molar-refractivity contribution in [2.75, 3.05) is 26.7 Å². The van der Waals surface area contributed by atoms with Gasteiger partial charge in [0.05, 0.1) is 54.4 Å². The van der Waals surface area contributed by atoms with Gasteiger partial charge in [0, 0.05) is 34.9 Å². The largest absolute Gasteiger partial charge is 0.497 e. The van der Waals surface area contributed by atoms with Crippen molar-refractivity contribution in [1.29, 1.82) is 0 Å². The Labute approximate surface area is 484 Å². The highest BCUT2D eigenvalue weighted by Gasteiger charge is 2.26. The van der Waals surface area contributed by atoms with Gasteiger partial charge in [-0.3, -0.25) is 28.8 Å². The Morgan fingerprint density at radius 1 is 0.439 bits per heavy atom. The highest BCUT2D eigenvalue weighted by Crippen LogP contribution is 2.27. The number of methoxy groups -OCH3 is 3. The highest BCUT2D eigenvalue weighted by atomic mass is 79.9. The SMILES string of the molecule is CC(C)(C)OC(=O)CBr.COc1ccc2c(c1)nc(C(=O)c1ccccc1)n2CC(=O)OC(C)(C)C.COc1ccc2nc(C(=O)c3ccccc3)[nH]c2c1.COc1ccc2nc(C(=O)c3ccccc3)n(CC(=O)OC(C)(C)C)c2c1. The first-order valence-corrected chi connectivity index (χ1v) is 27.1. The number of H-pyrrole nitrogens is 1. The maximum Gasteiger partial charge on any atom is 0.326 e. The first-order chi connectivity index (χ1) is 38.8. The molecule has 0 aliphatic carbocycles. The van der Waals surface area contributed by atoms with E-state index in [0.717, 1.165) is 16.8 Å². The first kappa shape index (κ1) is 62.2. The molecular weight excluding hydrogens is 1110 g/mol. The number of aromatic amines is 1. The standard InChI is InChI=1S/2C21H22N2O4.C15H12N2O2.C6H11BrO2/c1-21(2,3)27-18(24)13-23-17-11-10-15(26-4)12-16(17)22-20(23)19(25)14-8-6-5-7-9-14;1-21(2,3)27-18(24)13-23-17-12-15(26-4)10-11-16(17)22-20(23)19(25)14-8-6-5-7-9-14;1-19-11-7-8-12-13(9-11)17-15(16-12)14(18)10-5-3-2-4-6-10;1-6(2,3)9-5(8)4-7/h2*5-12H,13H2,1-4H3;2-9H,1H3,(H,16,17);4H2,1-3H3. The van der Waals surface area contributed by atoms with Crippen molar-refractivity contribution in [3.63, 3.8) is 0 Å². The fraction of sp³-hybridized carbons (Fsp3) is 0.286. The number of aromatic nitrogens is 6. The summed E-state index contributed by atoms with van der Waals surface area (Å²) < 4.78 is 34.6. The van der Waals surface area contributed by atoms with Gasteiger partial charge in [0.1, 0.15) is 52.5 Å². The van der Waals surface area contributed by atoms with E-state index in [2.05, 4.69) is 35.9 Å². The summed E-state index contributed by atoms with van der Waals surface area (Å²) in [5.74, 6) is 0.984. The molecule has 0 aliphatic rings. The molecule has 0 spiro atoms. The molecule has 3 heterocycles. The number of ketones is 3. The van der Waals surface area contributed by atoms with Crippen molar-refractivity contribution in [3.05, 3.63) is 180 Å². The molecule has 9 aromatic rings. The van der Waals surface area contributed by atoms with E-state index in [0.29, 0.717) is 56.1 Å².